The summed E-state index contributed by atoms with van der Waals surface area (Å²) in [5.41, 5.74) is 2.34. The summed E-state index contributed by atoms with van der Waals surface area (Å²) < 4.78 is 11.9. The molecule has 0 spiro atoms. The van der Waals surface area contributed by atoms with E-state index in [1.165, 1.54) is 4.90 Å². The first kappa shape index (κ1) is 27.8. The zero-order valence-electron chi connectivity index (χ0n) is 21.3. The molecule has 1 aliphatic rings. The lowest BCUT2D eigenvalue weighted by atomic mass is 9.96. The van der Waals surface area contributed by atoms with Crippen molar-refractivity contribution in [2.75, 3.05) is 6.61 Å². The van der Waals surface area contributed by atoms with Gasteiger partial charge in [0.2, 0.25) is 0 Å². The highest BCUT2D eigenvalue weighted by atomic mass is 79.9. The molecule has 0 radical (unpaired) electrons. The summed E-state index contributed by atoms with van der Waals surface area (Å²) in [6.07, 6.45) is -1.66. The number of benzene rings is 3. The maximum absolute atomic E-state index is 13.7. The third-order valence-electron chi connectivity index (χ3n) is 6.20. The van der Waals surface area contributed by atoms with E-state index in [9.17, 15) is 14.4 Å². The van der Waals surface area contributed by atoms with Crippen LogP contribution in [0.2, 0.25) is 0 Å². The van der Waals surface area contributed by atoms with E-state index in [4.69, 9.17) is 9.47 Å². The summed E-state index contributed by atoms with van der Waals surface area (Å²) >= 11 is 3.02. The monoisotopic (exact) mass is 586 g/mol. The number of β-lactam (4-membered cyclic amide) rings is 1. The maximum atomic E-state index is 13.7. The second-order valence-electron chi connectivity index (χ2n) is 8.92. The quantitative estimate of drug-likeness (QED) is 0.162. The zero-order valence-corrected chi connectivity index (χ0v) is 22.8. The fourth-order valence-electron chi connectivity index (χ4n) is 4.36. The predicted molar refractivity (Wildman–Crippen MR) is 150 cm³/mol. The number of amides is 2. The van der Waals surface area contributed by atoms with Gasteiger partial charge in [0.25, 0.3) is 11.8 Å². The lowest BCUT2D eigenvalue weighted by Gasteiger charge is -2.49. The molecule has 8 heteroatoms. The Morgan fingerprint density at radius 2 is 1.51 bits per heavy atom. The summed E-state index contributed by atoms with van der Waals surface area (Å²) in [5, 5.41) is 2.72. The molecule has 1 aliphatic heterocycles. The van der Waals surface area contributed by atoms with Gasteiger partial charge in [-0.15, -0.1) is 0 Å². The number of ether oxygens (including phenoxy) is 2. The van der Waals surface area contributed by atoms with Gasteiger partial charge in [-0.2, -0.15) is 0 Å². The summed E-state index contributed by atoms with van der Waals surface area (Å²) in [7, 11) is 0. The highest BCUT2D eigenvalue weighted by Gasteiger charge is 2.54. The van der Waals surface area contributed by atoms with Crippen LogP contribution in [-0.2, 0) is 19.1 Å². The molecule has 7 nitrogen and oxygen atoms in total. The van der Waals surface area contributed by atoms with E-state index in [1.54, 1.807) is 37.3 Å². The number of hydrogen-bond acceptors (Lipinski definition) is 5. The van der Waals surface area contributed by atoms with E-state index in [0.29, 0.717) is 11.1 Å². The van der Waals surface area contributed by atoms with Crippen LogP contribution in [0.4, 0.5) is 0 Å². The molecule has 4 rings (SSSR count). The van der Waals surface area contributed by atoms with Crippen LogP contribution in [0, 0.1) is 10.8 Å². The summed E-state index contributed by atoms with van der Waals surface area (Å²) in [6, 6.07) is 25.1. The average molecular weight is 587 g/mol. The molecule has 2 amide bonds. The number of halogens is 1. The third-order valence-corrected chi connectivity index (χ3v) is 6.48. The number of esters is 1. The number of hydrogen-bond donors (Lipinski definition) is 1. The van der Waals surface area contributed by atoms with E-state index < -0.39 is 42.2 Å². The van der Waals surface area contributed by atoms with Crippen LogP contribution in [0.15, 0.2) is 103 Å². The summed E-state index contributed by atoms with van der Waals surface area (Å²) in [6.45, 7) is 5.57. The molecule has 1 heterocycles. The topological polar surface area (TPSA) is 84.9 Å². The molecule has 3 aromatic rings. The Morgan fingerprint density at radius 1 is 0.974 bits per heavy atom. The minimum atomic E-state index is -1.14. The number of nitrogens with one attached hydrogen (secondary N) is 1. The van der Waals surface area contributed by atoms with Gasteiger partial charge in [0.15, 0.2) is 24.4 Å². The largest absolute Gasteiger partial charge is 0.451 e. The Hall–Kier alpha value is -4.19. The van der Waals surface area contributed by atoms with E-state index >= 15 is 0 Å². The average Bonchev–Trinajstić information content (AvgIpc) is 2.97. The predicted octanol–water partition coefficient (Wildman–Crippen LogP) is 4.60. The van der Waals surface area contributed by atoms with Crippen LogP contribution in [0.1, 0.15) is 34.5 Å². The molecule has 0 saturated carbocycles. The molecule has 1 fully saturated rings. The zero-order chi connectivity index (χ0) is 27.8. The SMILES string of the molecule is C=C(C)C(C(=O)OC(c1ccccc1)c1ccccc1)N1C(=O)[C@H](NC(=O)c2ccccc2)[C@H]1OCC#CBr. The molecule has 0 bridgehead atoms. The van der Waals surface area contributed by atoms with Crippen molar-refractivity contribution in [3.8, 4) is 10.8 Å². The van der Waals surface area contributed by atoms with E-state index in [-0.39, 0.29) is 6.61 Å². The molecule has 3 aromatic carbocycles. The van der Waals surface area contributed by atoms with E-state index in [1.807, 2.05) is 60.7 Å². The summed E-state index contributed by atoms with van der Waals surface area (Å²) in [4.78, 5) is 43.7. The molecule has 0 aliphatic carbocycles. The highest BCUT2D eigenvalue weighted by molar-refractivity contribution is 9.12. The molecule has 0 aromatic heterocycles. The number of carbonyl (C=O) groups is 3. The van der Waals surface area contributed by atoms with Crippen LogP contribution >= 0.6 is 15.9 Å². The number of carbonyl (C=O) groups excluding carboxylic acids is 3. The van der Waals surface area contributed by atoms with Crippen LogP contribution in [0.5, 0.6) is 0 Å². The van der Waals surface area contributed by atoms with Crippen molar-refractivity contribution >= 4 is 33.7 Å². The first-order valence-electron chi connectivity index (χ1n) is 12.3. The standard InChI is InChI=1S/C31H27BrN2O5/c1-21(2)26(31(37)39-27(22-13-6-3-7-14-22)23-15-8-4-9-16-23)34-29(36)25(30(34)38-20-12-19-32)33-28(35)24-17-10-5-11-18-24/h3-11,13-18,25-27,30H,1,20H2,2H3,(H,33,35)/t25-,26?,30+/m0/s1. The Kier molecular flexibility index (Phi) is 9.31. The van der Waals surface area contributed by atoms with Gasteiger partial charge in [-0.05, 0) is 40.6 Å². The minimum Gasteiger partial charge on any atom is -0.451 e. The molecule has 3 atom stereocenters. The van der Waals surface area contributed by atoms with Crippen molar-refractivity contribution in [3.05, 3.63) is 120 Å². The van der Waals surface area contributed by atoms with Crippen molar-refractivity contribution in [2.24, 2.45) is 0 Å². The van der Waals surface area contributed by atoms with Crippen molar-refractivity contribution < 1.29 is 23.9 Å². The highest BCUT2D eigenvalue weighted by Crippen LogP contribution is 2.32. The molecule has 1 N–H and O–H groups in total. The third kappa shape index (κ3) is 6.45. The fraction of sp³-hybridized carbons (Fsp3) is 0.194. The normalized spacial score (nSPS) is 16.9. The van der Waals surface area contributed by atoms with E-state index in [2.05, 4.69) is 38.6 Å². The van der Waals surface area contributed by atoms with Crippen molar-refractivity contribution in [1.82, 2.24) is 10.2 Å². The van der Waals surface area contributed by atoms with Crippen molar-refractivity contribution in [3.63, 3.8) is 0 Å². The van der Waals surface area contributed by atoms with Gasteiger partial charge in [0, 0.05) is 21.5 Å². The van der Waals surface area contributed by atoms with Crippen LogP contribution in [0.3, 0.4) is 0 Å². The number of rotatable bonds is 10. The van der Waals surface area contributed by atoms with Crippen LogP contribution < -0.4 is 5.32 Å². The number of likely N-dealkylation sites (tertiary alicyclic amines) is 1. The lowest BCUT2D eigenvalue weighted by molar-refractivity contribution is -0.193. The van der Waals surface area contributed by atoms with Gasteiger partial charge in [0.05, 0.1) is 0 Å². The second kappa shape index (κ2) is 13.1. The van der Waals surface area contributed by atoms with Crippen molar-refractivity contribution in [2.45, 2.75) is 31.3 Å². The Morgan fingerprint density at radius 3 is 2.03 bits per heavy atom. The maximum Gasteiger partial charge on any atom is 0.334 e. The molecule has 39 heavy (non-hydrogen) atoms. The van der Waals surface area contributed by atoms with Gasteiger partial charge < -0.3 is 14.8 Å². The van der Waals surface area contributed by atoms with Crippen LogP contribution in [-0.4, -0.2) is 47.6 Å². The first-order chi connectivity index (χ1) is 18.9. The second-order valence-corrected chi connectivity index (χ2v) is 9.32. The van der Waals surface area contributed by atoms with Gasteiger partial charge >= 0.3 is 5.97 Å². The van der Waals surface area contributed by atoms with Crippen molar-refractivity contribution in [1.29, 1.82) is 0 Å². The van der Waals surface area contributed by atoms with Gasteiger partial charge in [-0.3, -0.25) is 14.5 Å². The fourth-order valence-corrected chi connectivity index (χ4v) is 4.47. The van der Waals surface area contributed by atoms with Crippen LogP contribution in [0.25, 0.3) is 0 Å². The number of nitrogens with zero attached hydrogens (tertiary/aromatic N) is 1. The Labute approximate surface area is 235 Å². The molecule has 1 saturated heterocycles. The van der Waals surface area contributed by atoms with Gasteiger partial charge in [-0.25, -0.2) is 4.79 Å². The molecular formula is C31H27BrN2O5. The smallest absolute Gasteiger partial charge is 0.334 e. The minimum absolute atomic E-state index is 0.0357. The summed E-state index contributed by atoms with van der Waals surface area (Å²) in [5.74, 6) is 1.13. The molecule has 198 valence electrons. The van der Waals surface area contributed by atoms with E-state index in [0.717, 1.165) is 11.1 Å². The first-order valence-corrected chi connectivity index (χ1v) is 13.1. The Balaban J connectivity index is 1.59. The van der Waals surface area contributed by atoms with Gasteiger partial charge in [-0.1, -0.05) is 91.4 Å². The molecular weight excluding hydrogens is 560 g/mol. The van der Waals surface area contributed by atoms with Gasteiger partial charge in [0.1, 0.15) is 6.61 Å². The lowest BCUT2D eigenvalue weighted by Crippen LogP contribution is -2.75. The molecule has 1 unspecified atom stereocenters. The Bertz CT molecular complexity index is 1350.